The zero-order valence-corrected chi connectivity index (χ0v) is 14.1. The van der Waals surface area contributed by atoms with Crippen molar-refractivity contribution >= 4 is 11.9 Å². The summed E-state index contributed by atoms with van der Waals surface area (Å²) in [7, 11) is 0. The summed E-state index contributed by atoms with van der Waals surface area (Å²) < 4.78 is 16.1. The number of carbonyl (C=O) groups excluding carboxylic acids is 2. The first-order chi connectivity index (χ1) is 12.7. The fourth-order valence-corrected chi connectivity index (χ4v) is 3.12. The molecule has 3 heterocycles. The molecule has 0 radical (unpaired) electrons. The van der Waals surface area contributed by atoms with Crippen LogP contribution in [0.5, 0.6) is 11.5 Å². The van der Waals surface area contributed by atoms with Crippen molar-refractivity contribution < 1.29 is 23.8 Å². The minimum Gasteiger partial charge on any atom is -0.454 e. The van der Waals surface area contributed by atoms with Crippen LogP contribution < -0.4 is 9.47 Å². The number of cyclic esters (lactones) is 1. The van der Waals surface area contributed by atoms with E-state index in [0.717, 1.165) is 11.3 Å². The highest BCUT2D eigenvalue weighted by molar-refractivity contribution is 5.86. The molecule has 1 saturated heterocycles. The van der Waals surface area contributed by atoms with Gasteiger partial charge in [0.2, 0.25) is 6.79 Å². The number of amides is 1. The number of rotatable bonds is 5. The highest BCUT2D eigenvalue weighted by atomic mass is 16.7. The van der Waals surface area contributed by atoms with Gasteiger partial charge < -0.3 is 19.1 Å². The summed E-state index contributed by atoms with van der Waals surface area (Å²) in [6.07, 6.45) is 1.62. The molecule has 134 valence electrons. The molecule has 0 saturated carbocycles. The van der Waals surface area contributed by atoms with Crippen molar-refractivity contribution in [3.63, 3.8) is 0 Å². The van der Waals surface area contributed by atoms with Crippen LogP contribution in [-0.2, 0) is 27.4 Å². The number of nitrogens with zero attached hydrogens (tertiary/aromatic N) is 2. The summed E-state index contributed by atoms with van der Waals surface area (Å²) in [5.41, 5.74) is 1.60. The Bertz CT molecular complexity index is 824. The van der Waals surface area contributed by atoms with Crippen molar-refractivity contribution in [3.8, 4) is 11.5 Å². The van der Waals surface area contributed by atoms with E-state index in [0.29, 0.717) is 31.0 Å². The number of aromatic nitrogens is 1. The summed E-state index contributed by atoms with van der Waals surface area (Å²) in [6.45, 7) is 0.801. The van der Waals surface area contributed by atoms with E-state index < -0.39 is 6.10 Å². The number of fused-ring (bicyclic) bond motifs is 1. The van der Waals surface area contributed by atoms with E-state index in [1.165, 1.54) is 0 Å². The summed E-state index contributed by atoms with van der Waals surface area (Å²) in [5.74, 6) is 0.756. The first-order valence-electron chi connectivity index (χ1n) is 8.46. The van der Waals surface area contributed by atoms with E-state index in [4.69, 9.17) is 14.2 Å². The molecule has 1 amide bonds. The van der Waals surface area contributed by atoms with E-state index >= 15 is 0 Å². The van der Waals surface area contributed by atoms with Gasteiger partial charge in [-0.3, -0.25) is 14.6 Å². The third kappa shape index (κ3) is 3.33. The number of benzene rings is 1. The van der Waals surface area contributed by atoms with Gasteiger partial charge in [-0.1, -0.05) is 18.2 Å². The summed E-state index contributed by atoms with van der Waals surface area (Å²) in [4.78, 5) is 30.3. The van der Waals surface area contributed by atoms with Crippen LogP contribution in [0.25, 0.3) is 0 Å². The number of hydrogen-bond donors (Lipinski definition) is 0. The standard InChI is InChI=1S/C19H18N2O5/c22-17-8-7-16(26-17)19(23)21(11-14-5-1-2-9-20-14)10-13-4-3-6-15-18(13)25-12-24-15/h1-6,9,16H,7-8,10-12H2/t16-/m1/s1. The van der Waals surface area contributed by atoms with Crippen molar-refractivity contribution in [2.45, 2.75) is 32.0 Å². The molecular weight excluding hydrogens is 336 g/mol. The molecule has 2 aliphatic rings. The second-order valence-electron chi connectivity index (χ2n) is 6.18. The topological polar surface area (TPSA) is 78.0 Å². The monoisotopic (exact) mass is 354 g/mol. The lowest BCUT2D eigenvalue weighted by Crippen LogP contribution is -2.38. The number of para-hydroxylation sites is 1. The van der Waals surface area contributed by atoms with Crippen molar-refractivity contribution in [3.05, 3.63) is 53.9 Å². The normalized spacial score (nSPS) is 17.8. The van der Waals surface area contributed by atoms with E-state index in [1.54, 1.807) is 11.1 Å². The van der Waals surface area contributed by atoms with Gasteiger partial charge in [0.1, 0.15) is 0 Å². The van der Waals surface area contributed by atoms with Crippen LogP contribution in [0.2, 0.25) is 0 Å². The average molecular weight is 354 g/mol. The van der Waals surface area contributed by atoms with Gasteiger partial charge in [-0.25, -0.2) is 0 Å². The first-order valence-corrected chi connectivity index (χ1v) is 8.46. The van der Waals surface area contributed by atoms with Gasteiger partial charge in [0.05, 0.1) is 12.2 Å². The Labute approximate surface area is 150 Å². The lowest BCUT2D eigenvalue weighted by atomic mass is 10.1. The van der Waals surface area contributed by atoms with Crippen LogP contribution in [0.4, 0.5) is 0 Å². The van der Waals surface area contributed by atoms with E-state index in [-0.39, 0.29) is 25.1 Å². The molecule has 1 fully saturated rings. The van der Waals surface area contributed by atoms with E-state index in [2.05, 4.69) is 4.98 Å². The van der Waals surface area contributed by atoms with Crippen LogP contribution in [0.3, 0.4) is 0 Å². The van der Waals surface area contributed by atoms with Crippen LogP contribution >= 0.6 is 0 Å². The zero-order valence-electron chi connectivity index (χ0n) is 14.1. The van der Waals surface area contributed by atoms with Crippen LogP contribution in [-0.4, -0.2) is 34.7 Å². The molecule has 2 aromatic rings. The molecule has 2 aliphatic heterocycles. The molecule has 0 aliphatic carbocycles. The van der Waals surface area contributed by atoms with Crippen molar-refractivity contribution in [1.82, 2.24) is 9.88 Å². The maximum Gasteiger partial charge on any atom is 0.306 e. The number of esters is 1. The molecule has 7 heteroatoms. The zero-order chi connectivity index (χ0) is 17.9. The predicted molar refractivity (Wildman–Crippen MR) is 90.2 cm³/mol. The quantitative estimate of drug-likeness (QED) is 0.765. The minimum absolute atomic E-state index is 0.167. The van der Waals surface area contributed by atoms with Gasteiger partial charge in [-0.05, 0) is 18.2 Å². The Kier molecular flexibility index (Phi) is 4.43. The Balaban J connectivity index is 1.59. The van der Waals surface area contributed by atoms with Crippen LogP contribution in [0.1, 0.15) is 24.1 Å². The number of carbonyl (C=O) groups is 2. The minimum atomic E-state index is -0.736. The lowest BCUT2D eigenvalue weighted by Gasteiger charge is -2.25. The Hall–Kier alpha value is -3.09. The van der Waals surface area contributed by atoms with Gasteiger partial charge in [0.15, 0.2) is 17.6 Å². The predicted octanol–water partition coefficient (Wildman–Crippen LogP) is 2.04. The number of ether oxygens (including phenoxy) is 3. The molecule has 1 atom stereocenters. The third-order valence-corrected chi connectivity index (χ3v) is 4.39. The van der Waals surface area contributed by atoms with Gasteiger partial charge in [0, 0.05) is 31.1 Å². The Morgan fingerprint density at radius 2 is 2.08 bits per heavy atom. The maximum absolute atomic E-state index is 12.9. The van der Waals surface area contributed by atoms with Gasteiger partial charge in [0.25, 0.3) is 5.91 Å². The smallest absolute Gasteiger partial charge is 0.306 e. The molecular formula is C19H18N2O5. The van der Waals surface area contributed by atoms with Crippen LogP contribution in [0.15, 0.2) is 42.6 Å². The SMILES string of the molecule is O=C1CC[C@H](C(=O)N(Cc2ccccn2)Cc2cccc3c2OCO3)O1. The summed E-state index contributed by atoms with van der Waals surface area (Å²) in [6, 6.07) is 11.1. The van der Waals surface area contributed by atoms with Crippen LogP contribution in [0, 0.1) is 0 Å². The molecule has 7 nitrogen and oxygen atoms in total. The second kappa shape index (κ2) is 7.03. The maximum atomic E-state index is 12.9. The van der Waals surface area contributed by atoms with Crippen molar-refractivity contribution in [1.29, 1.82) is 0 Å². The fourth-order valence-electron chi connectivity index (χ4n) is 3.12. The van der Waals surface area contributed by atoms with Gasteiger partial charge >= 0.3 is 5.97 Å². The molecule has 26 heavy (non-hydrogen) atoms. The summed E-state index contributed by atoms with van der Waals surface area (Å²) >= 11 is 0. The molecule has 0 N–H and O–H groups in total. The van der Waals surface area contributed by atoms with Gasteiger partial charge in [-0.2, -0.15) is 0 Å². The highest BCUT2D eigenvalue weighted by Crippen LogP contribution is 2.36. The molecule has 0 bridgehead atoms. The molecule has 4 rings (SSSR count). The summed E-state index contributed by atoms with van der Waals surface area (Å²) in [5, 5.41) is 0. The Morgan fingerprint density at radius 1 is 1.15 bits per heavy atom. The Morgan fingerprint density at radius 3 is 2.85 bits per heavy atom. The highest BCUT2D eigenvalue weighted by Gasteiger charge is 2.34. The fraction of sp³-hybridized carbons (Fsp3) is 0.316. The van der Waals surface area contributed by atoms with E-state index in [1.807, 2.05) is 36.4 Å². The number of hydrogen-bond acceptors (Lipinski definition) is 6. The number of pyridine rings is 1. The van der Waals surface area contributed by atoms with Gasteiger partial charge in [-0.15, -0.1) is 0 Å². The first kappa shape index (κ1) is 16.4. The van der Waals surface area contributed by atoms with Crippen molar-refractivity contribution in [2.24, 2.45) is 0 Å². The average Bonchev–Trinajstić information content (AvgIpc) is 3.31. The lowest BCUT2D eigenvalue weighted by molar-refractivity contribution is -0.153. The third-order valence-electron chi connectivity index (χ3n) is 4.39. The second-order valence-corrected chi connectivity index (χ2v) is 6.18. The molecule has 0 spiro atoms. The largest absolute Gasteiger partial charge is 0.454 e. The molecule has 1 aromatic carbocycles. The van der Waals surface area contributed by atoms with E-state index in [9.17, 15) is 9.59 Å². The van der Waals surface area contributed by atoms with Crippen molar-refractivity contribution in [2.75, 3.05) is 6.79 Å². The molecule has 1 aromatic heterocycles. The molecule has 0 unspecified atom stereocenters.